The fourth-order valence-electron chi connectivity index (χ4n) is 11.1. The summed E-state index contributed by atoms with van der Waals surface area (Å²) < 4.78 is 7.77. The van der Waals surface area contributed by atoms with Crippen LogP contribution in [0.3, 0.4) is 0 Å². The smallest absolute Gasteiger partial charge is 0.0541 e. The van der Waals surface area contributed by atoms with Crippen molar-refractivity contribution >= 4 is 102 Å². The Morgan fingerprint density at radius 1 is 0.343 bits per heavy atom. The second kappa shape index (κ2) is 14.6. The summed E-state index contributed by atoms with van der Waals surface area (Å²) in [6.07, 6.45) is 0. The van der Waals surface area contributed by atoms with Crippen LogP contribution in [0.5, 0.6) is 0 Å². The molecule has 1 aliphatic heterocycles. The van der Waals surface area contributed by atoms with Gasteiger partial charge in [0.2, 0.25) is 0 Å². The summed E-state index contributed by atoms with van der Waals surface area (Å²) in [4.78, 5) is 2.47. The molecule has 14 rings (SSSR count). The van der Waals surface area contributed by atoms with Gasteiger partial charge in [0.15, 0.2) is 0 Å². The van der Waals surface area contributed by atoms with E-state index in [1.165, 1.54) is 118 Å². The minimum atomic E-state index is -0.218. The molecule has 10 aromatic carbocycles. The molecule has 0 atom stereocenters. The Bertz CT molecular complexity index is 4130. The maximum Gasteiger partial charge on any atom is 0.0541 e. The van der Waals surface area contributed by atoms with Gasteiger partial charge in [0.25, 0.3) is 0 Å². The molecule has 0 fully saturated rings. The third kappa shape index (κ3) is 5.80. The predicted octanol–water partition coefficient (Wildman–Crippen LogP) is 18.6. The summed E-state index contributed by atoms with van der Waals surface area (Å²) in [6, 6.07) is 81.3. The van der Waals surface area contributed by atoms with Gasteiger partial charge in [0.05, 0.1) is 22.4 Å². The van der Waals surface area contributed by atoms with Crippen molar-refractivity contribution in [3.63, 3.8) is 0 Å². The fraction of sp³-hybridized carbons (Fsp3) is 0.0476. The zero-order valence-corrected chi connectivity index (χ0v) is 38.6. The van der Waals surface area contributed by atoms with Crippen LogP contribution in [0.2, 0.25) is 0 Å². The number of benzene rings is 10. The van der Waals surface area contributed by atoms with Crippen LogP contribution in [0, 0.1) is 0 Å². The Hall–Kier alpha value is -7.76. The Morgan fingerprint density at radius 2 is 0.836 bits per heavy atom. The molecule has 0 spiro atoms. The second-order valence-electron chi connectivity index (χ2n) is 18.4. The van der Waals surface area contributed by atoms with E-state index < -0.39 is 0 Å². The zero-order valence-electron chi connectivity index (χ0n) is 37.0. The zero-order chi connectivity index (χ0) is 44.4. The largest absolute Gasteiger partial charge is 0.310 e. The lowest BCUT2D eigenvalue weighted by Gasteiger charge is -2.42. The van der Waals surface area contributed by atoms with Gasteiger partial charge in [-0.1, -0.05) is 159 Å². The van der Waals surface area contributed by atoms with E-state index in [4.69, 9.17) is 0 Å². The number of fused-ring (bicyclic) bond motifs is 11. The van der Waals surface area contributed by atoms with Crippen molar-refractivity contribution in [2.45, 2.75) is 19.3 Å². The Labute approximate surface area is 396 Å². The van der Waals surface area contributed by atoms with Gasteiger partial charge in [-0.25, -0.2) is 0 Å². The van der Waals surface area contributed by atoms with Crippen LogP contribution < -0.4 is 4.90 Å². The summed E-state index contributed by atoms with van der Waals surface area (Å²) in [5.74, 6) is 0. The monoisotopic (exact) mass is 890 g/mol. The lowest BCUT2D eigenvalue weighted by atomic mass is 9.73. The number of anilines is 3. The number of para-hydroxylation sites is 2. The molecule has 0 saturated carbocycles. The molecule has 3 aromatic heterocycles. The summed E-state index contributed by atoms with van der Waals surface area (Å²) >= 11 is 3.77. The van der Waals surface area contributed by atoms with Gasteiger partial charge < -0.3 is 9.47 Å². The van der Waals surface area contributed by atoms with Gasteiger partial charge in [-0.3, -0.25) is 0 Å². The molecule has 0 radical (unpaired) electrons. The molecule has 0 unspecified atom stereocenters. The topological polar surface area (TPSA) is 8.17 Å². The minimum Gasteiger partial charge on any atom is -0.310 e. The van der Waals surface area contributed by atoms with E-state index in [-0.39, 0.29) is 5.41 Å². The summed E-state index contributed by atoms with van der Waals surface area (Å²) in [5.41, 5.74) is 17.1. The lowest BCUT2D eigenvalue weighted by molar-refractivity contribution is 0.632. The standard InChI is InChI=1S/C63H42N2S2/c1-63(2)53-20-6-8-22-57(53)65(44-33-27-40(28-34-44)46-17-12-19-51-49-15-5-10-24-60(49)67-62(46)51)58-36-30-42(38-54(58)63)41-29-35-56-52(37-41)47-13-3-7-21-55(47)64(56)43-31-25-39(26-32-43)45-16-11-18-50-48-14-4-9-23-59(48)66-61(45)50/h3-38H,1-2H3. The second-order valence-corrected chi connectivity index (χ2v) is 20.6. The molecule has 4 heterocycles. The van der Waals surface area contributed by atoms with Crippen LogP contribution in [0.15, 0.2) is 218 Å². The van der Waals surface area contributed by atoms with Crippen molar-refractivity contribution in [1.29, 1.82) is 0 Å². The molecule has 0 saturated heterocycles. The van der Waals surface area contributed by atoms with E-state index in [0.29, 0.717) is 0 Å². The predicted molar refractivity (Wildman–Crippen MR) is 290 cm³/mol. The van der Waals surface area contributed by atoms with Gasteiger partial charge in [-0.15, -0.1) is 22.7 Å². The van der Waals surface area contributed by atoms with Crippen molar-refractivity contribution in [3.8, 4) is 39.1 Å². The number of nitrogens with zero attached hydrogens (tertiary/aromatic N) is 2. The van der Waals surface area contributed by atoms with Crippen molar-refractivity contribution in [2.75, 3.05) is 4.90 Å². The van der Waals surface area contributed by atoms with Crippen LogP contribution in [-0.4, -0.2) is 4.57 Å². The molecule has 0 amide bonds. The molecule has 1 aliphatic rings. The highest BCUT2D eigenvalue weighted by atomic mass is 32.1. The van der Waals surface area contributed by atoms with Crippen LogP contribution >= 0.6 is 22.7 Å². The van der Waals surface area contributed by atoms with Gasteiger partial charge >= 0.3 is 0 Å². The van der Waals surface area contributed by atoms with Crippen LogP contribution in [0.25, 0.3) is 101 Å². The Balaban J connectivity index is 0.843. The van der Waals surface area contributed by atoms with Gasteiger partial charge in [-0.2, -0.15) is 0 Å². The fourth-order valence-corrected chi connectivity index (χ4v) is 13.6. The van der Waals surface area contributed by atoms with Crippen LogP contribution in [-0.2, 0) is 5.41 Å². The highest BCUT2D eigenvalue weighted by Crippen LogP contribution is 2.53. The lowest BCUT2D eigenvalue weighted by Crippen LogP contribution is -2.30. The summed E-state index contributed by atoms with van der Waals surface area (Å²) in [5, 5.41) is 7.82. The average Bonchev–Trinajstić information content (AvgIpc) is 4.06. The van der Waals surface area contributed by atoms with Gasteiger partial charge in [0.1, 0.15) is 0 Å². The highest BCUT2D eigenvalue weighted by molar-refractivity contribution is 7.26. The molecule has 13 aromatic rings. The highest BCUT2D eigenvalue weighted by Gasteiger charge is 2.37. The summed E-state index contributed by atoms with van der Waals surface area (Å²) in [6.45, 7) is 4.76. The number of aromatic nitrogens is 1. The Morgan fingerprint density at radius 3 is 1.51 bits per heavy atom. The first kappa shape index (κ1) is 38.5. The van der Waals surface area contributed by atoms with E-state index in [0.717, 1.165) is 11.4 Å². The molecule has 0 bridgehead atoms. The first-order valence-corrected chi connectivity index (χ1v) is 24.7. The van der Waals surface area contributed by atoms with E-state index in [2.05, 4.69) is 242 Å². The van der Waals surface area contributed by atoms with Crippen LogP contribution in [0.1, 0.15) is 25.0 Å². The molecular weight excluding hydrogens is 849 g/mol. The Kier molecular flexibility index (Phi) is 8.40. The average molecular weight is 891 g/mol. The third-order valence-corrected chi connectivity index (χ3v) is 16.9. The molecule has 0 N–H and O–H groups in total. The SMILES string of the molecule is CC1(C)c2ccccc2N(c2ccc(-c3cccc4c3sc3ccccc34)cc2)c2ccc(-c3ccc4c(c3)c3ccccc3n4-c3ccc(-c4cccc5c4sc4ccccc45)cc3)cc21. The molecular formula is C63H42N2S2. The van der Waals surface area contributed by atoms with Crippen molar-refractivity contribution in [3.05, 3.63) is 230 Å². The molecule has 2 nitrogen and oxygen atoms in total. The van der Waals surface area contributed by atoms with E-state index >= 15 is 0 Å². The normalized spacial score (nSPS) is 13.3. The maximum absolute atomic E-state index is 2.47. The first-order valence-electron chi connectivity index (χ1n) is 23.1. The molecule has 67 heavy (non-hydrogen) atoms. The molecule has 4 heteroatoms. The summed E-state index contributed by atoms with van der Waals surface area (Å²) in [7, 11) is 0. The third-order valence-electron chi connectivity index (χ3n) is 14.4. The van der Waals surface area contributed by atoms with Gasteiger partial charge in [0, 0.05) is 67.9 Å². The van der Waals surface area contributed by atoms with E-state index in [1.807, 2.05) is 22.7 Å². The molecule has 0 aliphatic carbocycles. The van der Waals surface area contributed by atoms with E-state index in [9.17, 15) is 0 Å². The van der Waals surface area contributed by atoms with Crippen LogP contribution in [0.4, 0.5) is 17.1 Å². The van der Waals surface area contributed by atoms with E-state index in [1.54, 1.807) is 0 Å². The number of thiophene rings is 2. The van der Waals surface area contributed by atoms with Crippen molar-refractivity contribution in [2.24, 2.45) is 0 Å². The van der Waals surface area contributed by atoms with Gasteiger partial charge in [-0.05, 0) is 117 Å². The first-order chi connectivity index (χ1) is 33.0. The molecule has 316 valence electrons. The minimum absolute atomic E-state index is 0.218. The van der Waals surface area contributed by atoms with Crippen molar-refractivity contribution in [1.82, 2.24) is 4.57 Å². The number of hydrogen-bond acceptors (Lipinski definition) is 3. The quantitative estimate of drug-likeness (QED) is 0.167. The maximum atomic E-state index is 2.47. The number of rotatable bonds is 5. The van der Waals surface area contributed by atoms with Crippen molar-refractivity contribution < 1.29 is 0 Å². The number of hydrogen-bond donors (Lipinski definition) is 0.